The van der Waals surface area contributed by atoms with Crippen molar-refractivity contribution in [3.63, 3.8) is 0 Å². The third-order valence-corrected chi connectivity index (χ3v) is 5.18. The number of carbonyl (C=O) groups excluding carboxylic acids is 3. The summed E-state index contributed by atoms with van der Waals surface area (Å²) in [6, 6.07) is 3.25. The summed E-state index contributed by atoms with van der Waals surface area (Å²) >= 11 is 4.00. The maximum absolute atomic E-state index is 12.8. The van der Waals surface area contributed by atoms with E-state index in [-0.39, 0.29) is 18.6 Å². The topological polar surface area (TPSA) is 208 Å². The van der Waals surface area contributed by atoms with Crippen LogP contribution < -0.4 is 21.7 Å². The first-order chi connectivity index (χ1) is 16.0. The van der Waals surface area contributed by atoms with Crippen LogP contribution in [0.25, 0.3) is 0 Å². The lowest BCUT2D eigenvalue weighted by Gasteiger charge is -2.24. The summed E-state index contributed by atoms with van der Waals surface area (Å²) in [5, 5.41) is 34.9. The van der Waals surface area contributed by atoms with Crippen LogP contribution in [0.4, 0.5) is 0 Å². The molecule has 12 nitrogen and oxygen atoms in total. The van der Waals surface area contributed by atoms with Crippen molar-refractivity contribution in [2.75, 3.05) is 5.75 Å². The second kappa shape index (κ2) is 14.2. The Kier molecular flexibility index (Phi) is 12.0. The van der Waals surface area contributed by atoms with E-state index in [1.165, 1.54) is 6.92 Å². The molecule has 1 rings (SSSR count). The Morgan fingerprint density at radius 3 is 1.94 bits per heavy atom. The maximum Gasteiger partial charge on any atom is 0.326 e. The van der Waals surface area contributed by atoms with Crippen molar-refractivity contribution in [1.29, 1.82) is 0 Å². The number of aliphatic hydroxyl groups excluding tert-OH is 1. The number of hydrogen-bond donors (Lipinski definition) is 8. The second-order valence-corrected chi connectivity index (χ2v) is 7.96. The summed E-state index contributed by atoms with van der Waals surface area (Å²) in [5.74, 6) is -5.32. The molecule has 0 aliphatic carbocycles. The van der Waals surface area contributed by atoms with Crippen molar-refractivity contribution in [2.24, 2.45) is 5.73 Å². The molecule has 0 aliphatic heterocycles. The van der Waals surface area contributed by atoms with Crippen LogP contribution in [0.1, 0.15) is 25.3 Å². The summed E-state index contributed by atoms with van der Waals surface area (Å²) in [5.41, 5.74) is 6.18. The van der Waals surface area contributed by atoms with Crippen LogP contribution in [0, 0.1) is 0 Å². The number of rotatable bonds is 14. The molecule has 5 atom stereocenters. The lowest BCUT2D eigenvalue weighted by molar-refractivity contribution is -0.143. The van der Waals surface area contributed by atoms with E-state index in [1.54, 1.807) is 30.3 Å². The molecular formula is C21H30N4O8S. The Hall–Kier alpha value is -3.16. The zero-order chi connectivity index (χ0) is 25.8. The molecule has 0 bridgehead atoms. The van der Waals surface area contributed by atoms with Gasteiger partial charge in [0.2, 0.25) is 17.7 Å². The lowest BCUT2D eigenvalue weighted by atomic mass is 10.0. The molecule has 0 aliphatic rings. The van der Waals surface area contributed by atoms with Crippen LogP contribution in [0.15, 0.2) is 30.3 Å². The van der Waals surface area contributed by atoms with E-state index in [9.17, 15) is 34.2 Å². The average Bonchev–Trinajstić information content (AvgIpc) is 2.78. The van der Waals surface area contributed by atoms with Crippen LogP contribution in [0.5, 0.6) is 0 Å². The number of aliphatic hydroxyl groups is 1. The number of carboxylic acid groups (broad SMARTS) is 2. The van der Waals surface area contributed by atoms with Crippen molar-refractivity contribution < 1.29 is 39.3 Å². The molecule has 34 heavy (non-hydrogen) atoms. The van der Waals surface area contributed by atoms with Gasteiger partial charge in [-0.25, -0.2) is 4.79 Å². The van der Waals surface area contributed by atoms with Crippen LogP contribution in [0.2, 0.25) is 0 Å². The van der Waals surface area contributed by atoms with Gasteiger partial charge in [0.05, 0.1) is 6.10 Å². The minimum atomic E-state index is -1.40. The zero-order valence-electron chi connectivity index (χ0n) is 18.5. The monoisotopic (exact) mass is 498 g/mol. The van der Waals surface area contributed by atoms with Crippen molar-refractivity contribution in [1.82, 2.24) is 16.0 Å². The summed E-state index contributed by atoms with van der Waals surface area (Å²) in [7, 11) is 0. The minimum Gasteiger partial charge on any atom is -0.481 e. The number of nitrogens with two attached hydrogens (primary N) is 1. The number of hydrogen-bond acceptors (Lipinski definition) is 8. The molecule has 3 amide bonds. The molecule has 0 spiro atoms. The number of thiol groups is 1. The van der Waals surface area contributed by atoms with Crippen molar-refractivity contribution in [2.45, 2.75) is 56.5 Å². The van der Waals surface area contributed by atoms with Crippen LogP contribution in [0.3, 0.4) is 0 Å². The fourth-order valence-electron chi connectivity index (χ4n) is 2.81. The van der Waals surface area contributed by atoms with Gasteiger partial charge >= 0.3 is 11.9 Å². The van der Waals surface area contributed by atoms with Crippen LogP contribution in [-0.4, -0.2) is 81.0 Å². The third-order valence-electron chi connectivity index (χ3n) is 4.82. The van der Waals surface area contributed by atoms with Gasteiger partial charge in [-0.05, 0) is 18.9 Å². The van der Waals surface area contributed by atoms with Gasteiger partial charge in [-0.2, -0.15) is 12.6 Å². The quantitative estimate of drug-likeness (QED) is 0.137. The molecule has 8 N–H and O–H groups in total. The van der Waals surface area contributed by atoms with Gasteiger partial charge in [0.15, 0.2) is 0 Å². The molecule has 1 aromatic carbocycles. The molecule has 0 heterocycles. The van der Waals surface area contributed by atoms with E-state index in [4.69, 9.17) is 10.8 Å². The van der Waals surface area contributed by atoms with E-state index < -0.39 is 66.4 Å². The predicted octanol–water partition coefficient (Wildman–Crippen LogP) is -1.73. The van der Waals surface area contributed by atoms with Crippen molar-refractivity contribution >= 4 is 42.3 Å². The summed E-state index contributed by atoms with van der Waals surface area (Å²) in [4.78, 5) is 60.2. The molecule has 0 fully saturated rings. The highest BCUT2D eigenvalue weighted by Crippen LogP contribution is 2.06. The molecule has 0 saturated carbocycles. The molecule has 188 valence electrons. The molecule has 1 aromatic rings. The van der Waals surface area contributed by atoms with E-state index in [0.717, 1.165) is 0 Å². The number of carboxylic acids is 2. The molecule has 13 heteroatoms. The highest BCUT2D eigenvalue weighted by Gasteiger charge is 2.30. The summed E-state index contributed by atoms with van der Waals surface area (Å²) in [6.07, 6.45) is -2.03. The van der Waals surface area contributed by atoms with Gasteiger partial charge < -0.3 is 37.0 Å². The average molecular weight is 499 g/mol. The largest absolute Gasteiger partial charge is 0.481 e. The number of carbonyl (C=O) groups is 5. The first-order valence-electron chi connectivity index (χ1n) is 10.4. The molecular weight excluding hydrogens is 468 g/mol. The SMILES string of the molecule is CC(O)C(N)C(=O)NC(CS)C(=O)NC(CCC(=O)O)C(=O)NC(Cc1ccccc1)C(=O)O. The lowest BCUT2D eigenvalue weighted by Crippen LogP contribution is -2.58. The van der Waals surface area contributed by atoms with E-state index >= 15 is 0 Å². The highest BCUT2D eigenvalue weighted by molar-refractivity contribution is 7.80. The zero-order valence-corrected chi connectivity index (χ0v) is 19.4. The molecule has 0 radical (unpaired) electrons. The van der Waals surface area contributed by atoms with Gasteiger partial charge in [-0.15, -0.1) is 0 Å². The van der Waals surface area contributed by atoms with Crippen molar-refractivity contribution in [3.8, 4) is 0 Å². The second-order valence-electron chi connectivity index (χ2n) is 7.59. The Balaban J connectivity index is 2.94. The Morgan fingerprint density at radius 1 is 0.912 bits per heavy atom. The fraction of sp³-hybridized carbons (Fsp3) is 0.476. The summed E-state index contributed by atoms with van der Waals surface area (Å²) < 4.78 is 0. The predicted molar refractivity (Wildman–Crippen MR) is 124 cm³/mol. The number of nitrogens with one attached hydrogen (secondary N) is 3. The molecule has 5 unspecified atom stereocenters. The third kappa shape index (κ3) is 9.77. The Morgan fingerprint density at radius 2 is 1.44 bits per heavy atom. The Bertz CT molecular complexity index is 868. The summed E-state index contributed by atoms with van der Waals surface area (Å²) in [6.45, 7) is 1.29. The van der Waals surface area contributed by atoms with Gasteiger partial charge in [-0.1, -0.05) is 30.3 Å². The highest BCUT2D eigenvalue weighted by atomic mass is 32.1. The standard InChI is InChI=1S/C21H30N4O8S/c1-11(26)17(22)20(31)25-15(10-34)19(30)23-13(7-8-16(27)28)18(29)24-14(21(32)33)9-12-5-3-2-4-6-12/h2-6,11,13-15,17,26,34H,7-10,22H2,1H3,(H,23,30)(H,24,29)(H,25,31)(H,27,28)(H,32,33). The molecule has 0 aromatic heterocycles. The van der Waals surface area contributed by atoms with E-state index in [0.29, 0.717) is 5.56 Å². The first kappa shape index (κ1) is 28.9. The van der Waals surface area contributed by atoms with Gasteiger partial charge in [0, 0.05) is 18.6 Å². The smallest absolute Gasteiger partial charge is 0.326 e. The van der Waals surface area contributed by atoms with Gasteiger partial charge in [0.25, 0.3) is 0 Å². The first-order valence-corrected chi connectivity index (χ1v) is 11.0. The van der Waals surface area contributed by atoms with E-state index in [2.05, 4.69) is 28.6 Å². The van der Waals surface area contributed by atoms with Crippen LogP contribution >= 0.6 is 12.6 Å². The van der Waals surface area contributed by atoms with Gasteiger partial charge in [0.1, 0.15) is 24.2 Å². The number of aliphatic carboxylic acids is 2. The normalized spacial score (nSPS) is 15.2. The minimum absolute atomic E-state index is 0.0337. The Labute approximate surface area is 201 Å². The maximum atomic E-state index is 12.8. The van der Waals surface area contributed by atoms with Crippen molar-refractivity contribution in [3.05, 3.63) is 35.9 Å². The fourth-order valence-corrected chi connectivity index (χ4v) is 3.07. The van der Waals surface area contributed by atoms with Gasteiger partial charge in [-0.3, -0.25) is 19.2 Å². The number of amides is 3. The van der Waals surface area contributed by atoms with Crippen LogP contribution in [-0.2, 0) is 30.4 Å². The number of benzene rings is 1. The van der Waals surface area contributed by atoms with E-state index in [1.807, 2.05) is 0 Å². The molecule has 0 saturated heterocycles.